The Labute approximate surface area is 157 Å². The summed E-state index contributed by atoms with van der Waals surface area (Å²) in [4.78, 5) is 16.1. The number of carbonyl (C=O) groups excluding carboxylic acids is 1. The molecule has 10 heteroatoms. The molecule has 0 aliphatic heterocycles. The highest BCUT2D eigenvalue weighted by molar-refractivity contribution is 8.00. The standard InChI is InChI=1S/C16H13ClN6O2S/c1-9(15(24)25-2)26-16-21-20-14-12-7-19-23(13(12)18-8-22(14)16)11-5-3-10(17)4-6-11/h3-9H,1-2H3. The summed E-state index contributed by atoms with van der Waals surface area (Å²) in [6.07, 6.45) is 3.32. The van der Waals surface area contributed by atoms with E-state index in [9.17, 15) is 4.79 Å². The summed E-state index contributed by atoms with van der Waals surface area (Å²) in [6.45, 7) is 1.75. The van der Waals surface area contributed by atoms with Gasteiger partial charge in [0.25, 0.3) is 0 Å². The first-order valence-electron chi connectivity index (χ1n) is 7.66. The minimum atomic E-state index is -0.403. The van der Waals surface area contributed by atoms with Gasteiger partial charge in [0, 0.05) is 5.02 Å². The van der Waals surface area contributed by atoms with E-state index in [0.29, 0.717) is 21.5 Å². The molecule has 0 N–H and O–H groups in total. The van der Waals surface area contributed by atoms with Crippen molar-refractivity contribution in [2.24, 2.45) is 0 Å². The normalized spacial score (nSPS) is 12.6. The first kappa shape index (κ1) is 16.8. The monoisotopic (exact) mass is 388 g/mol. The molecular formula is C16H13ClN6O2S. The minimum Gasteiger partial charge on any atom is -0.468 e. The lowest BCUT2D eigenvalue weighted by atomic mass is 10.3. The Morgan fingerprint density at radius 3 is 2.73 bits per heavy atom. The lowest BCUT2D eigenvalue weighted by Crippen LogP contribution is -2.15. The zero-order valence-electron chi connectivity index (χ0n) is 13.8. The number of methoxy groups -OCH3 is 1. The number of benzene rings is 1. The SMILES string of the molecule is COC(=O)C(C)Sc1nnc2c3cnn(-c4ccc(Cl)cc4)c3ncn12. The largest absolute Gasteiger partial charge is 0.468 e. The van der Waals surface area contributed by atoms with E-state index in [1.807, 2.05) is 12.1 Å². The van der Waals surface area contributed by atoms with E-state index in [0.717, 1.165) is 11.1 Å². The number of hydrogen-bond acceptors (Lipinski definition) is 7. The summed E-state index contributed by atoms with van der Waals surface area (Å²) in [6, 6.07) is 7.32. The second-order valence-corrected chi connectivity index (χ2v) is 7.22. The number of halogens is 1. The quantitative estimate of drug-likeness (QED) is 0.392. The number of thioether (sulfide) groups is 1. The molecule has 0 saturated heterocycles. The Balaban J connectivity index is 1.77. The van der Waals surface area contributed by atoms with Crippen molar-refractivity contribution in [2.75, 3.05) is 7.11 Å². The van der Waals surface area contributed by atoms with Crippen molar-refractivity contribution >= 4 is 46.0 Å². The van der Waals surface area contributed by atoms with Gasteiger partial charge in [0.05, 0.1) is 24.4 Å². The van der Waals surface area contributed by atoms with Gasteiger partial charge in [-0.1, -0.05) is 23.4 Å². The van der Waals surface area contributed by atoms with Crippen molar-refractivity contribution in [3.8, 4) is 5.69 Å². The fraction of sp³-hybridized carbons (Fsp3) is 0.188. The first-order chi connectivity index (χ1) is 12.6. The van der Waals surface area contributed by atoms with E-state index >= 15 is 0 Å². The Bertz CT molecular complexity index is 1110. The maximum absolute atomic E-state index is 11.6. The highest BCUT2D eigenvalue weighted by Crippen LogP contribution is 2.26. The van der Waals surface area contributed by atoms with E-state index in [1.54, 1.807) is 40.7 Å². The van der Waals surface area contributed by atoms with Crippen molar-refractivity contribution in [3.63, 3.8) is 0 Å². The predicted molar refractivity (Wildman–Crippen MR) is 97.8 cm³/mol. The summed E-state index contributed by atoms with van der Waals surface area (Å²) < 4.78 is 8.20. The molecule has 1 unspecified atom stereocenters. The molecule has 1 atom stereocenters. The van der Waals surface area contributed by atoms with Crippen molar-refractivity contribution in [3.05, 3.63) is 41.8 Å². The second-order valence-electron chi connectivity index (χ2n) is 5.47. The lowest BCUT2D eigenvalue weighted by molar-refractivity contribution is -0.139. The molecule has 0 aliphatic rings. The topological polar surface area (TPSA) is 87.2 Å². The smallest absolute Gasteiger partial charge is 0.318 e. The van der Waals surface area contributed by atoms with Crippen LogP contribution in [0.2, 0.25) is 5.02 Å². The van der Waals surface area contributed by atoms with Crippen LogP contribution in [0.15, 0.2) is 41.9 Å². The molecule has 26 heavy (non-hydrogen) atoms. The maximum atomic E-state index is 11.6. The Kier molecular flexibility index (Phi) is 4.25. The van der Waals surface area contributed by atoms with Crippen LogP contribution in [0.5, 0.6) is 0 Å². The second kappa shape index (κ2) is 6.58. The van der Waals surface area contributed by atoms with Crippen LogP contribution in [0.1, 0.15) is 6.92 Å². The van der Waals surface area contributed by atoms with Crippen LogP contribution in [-0.4, -0.2) is 47.7 Å². The third kappa shape index (κ3) is 2.78. The number of carbonyl (C=O) groups is 1. The maximum Gasteiger partial charge on any atom is 0.318 e. The molecule has 132 valence electrons. The molecule has 1 aromatic carbocycles. The number of fused-ring (bicyclic) bond motifs is 3. The third-order valence-corrected chi connectivity index (χ3v) is 5.12. The van der Waals surface area contributed by atoms with Crippen LogP contribution in [0.25, 0.3) is 22.4 Å². The molecule has 4 aromatic rings. The van der Waals surface area contributed by atoms with Crippen LogP contribution in [0, 0.1) is 0 Å². The van der Waals surface area contributed by atoms with Gasteiger partial charge in [0.1, 0.15) is 11.6 Å². The van der Waals surface area contributed by atoms with Crippen LogP contribution in [0.3, 0.4) is 0 Å². The van der Waals surface area contributed by atoms with Gasteiger partial charge in [-0.3, -0.25) is 9.20 Å². The first-order valence-corrected chi connectivity index (χ1v) is 8.92. The minimum absolute atomic E-state index is 0.323. The van der Waals surface area contributed by atoms with E-state index in [-0.39, 0.29) is 5.97 Å². The average Bonchev–Trinajstić information content (AvgIpc) is 3.25. The summed E-state index contributed by atoms with van der Waals surface area (Å²) >= 11 is 7.20. The Hall–Kier alpha value is -2.65. The van der Waals surface area contributed by atoms with Gasteiger partial charge >= 0.3 is 5.97 Å². The molecule has 0 amide bonds. The Morgan fingerprint density at radius 1 is 1.23 bits per heavy atom. The van der Waals surface area contributed by atoms with E-state index in [4.69, 9.17) is 16.3 Å². The van der Waals surface area contributed by atoms with Crippen molar-refractivity contribution in [1.82, 2.24) is 29.4 Å². The summed E-state index contributed by atoms with van der Waals surface area (Å²) in [7, 11) is 1.36. The lowest BCUT2D eigenvalue weighted by Gasteiger charge is -2.07. The van der Waals surface area contributed by atoms with E-state index in [1.165, 1.54) is 18.9 Å². The zero-order valence-corrected chi connectivity index (χ0v) is 15.4. The molecule has 0 radical (unpaired) electrons. The predicted octanol–water partition coefficient (Wildman–Crippen LogP) is 2.77. The Morgan fingerprint density at radius 2 is 2.00 bits per heavy atom. The number of nitrogens with zero attached hydrogens (tertiary/aromatic N) is 6. The van der Waals surface area contributed by atoms with Crippen molar-refractivity contribution < 1.29 is 9.53 Å². The number of esters is 1. The molecule has 0 fully saturated rings. The summed E-state index contributed by atoms with van der Waals surface area (Å²) in [5, 5.41) is 14.4. The molecule has 0 saturated carbocycles. The van der Waals surface area contributed by atoms with E-state index < -0.39 is 5.25 Å². The molecular weight excluding hydrogens is 376 g/mol. The molecule has 3 aromatic heterocycles. The number of rotatable bonds is 4. The van der Waals surface area contributed by atoms with Gasteiger partial charge in [0.2, 0.25) is 0 Å². The average molecular weight is 389 g/mol. The zero-order chi connectivity index (χ0) is 18.3. The number of hydrogen-bond donors (Lipinski definition) is 0. The van der Waals surface area contributed by atoms with Gasteiger partial charge < -0.3 is 4.74 Å². The fourth-order valence-electron chi connectivity index (χ4n) is 2.52. The summed E-state index contributed by atoms with van der Waals surface area (Å²) in [5.74, 6) is -0.323. The molecule has 0 bridgehead atoms. The van der Waals surface area contributed by atoms with Crippen LogP contribution in [-0.2, 0) is 9.53 Å². The van der Waals surface area contributed by atoms with Gasteiger partial charge in [0.15, 0.2) is 16.5 Å². The van der Waals surface area contributed by atoms with Crippen molar-refractivity contribution in [1.29, 1.82) is 0 Å². The van der Waals surface area contributed by atoms with Gasteiger partial charge in [-0.15, -0.1) is 10.2 Å². The fourth-order valence-corrected chi connectivity index (χ4v) is 3.49. The van der Waals surface area contributed by atoms with E-state index in [2.05, 4.69) is 20.3 Å². The van der Waals surface area contributed by atoms with Crippen LogP contribution < -0.4 is 0 Å². The molecule has 3 heterocycles. The third-order valence-electron chi connectivity index (χ3n) is 3.83. The van der Waals surface area contributed by atoms with Crippen LogP contribution in [0.4, 0.5) is 0 Å². The van der Waals surface area contributed by atoms with Gasteiger partial charge in [-0.25, -0.2) is 9.67 Å². The number of aromatic nitrogens is 6. The summed E-state index contributed by atoms with van der Waals surface area (Å²) in [5.41, 5.74) is 2.12. The van der Waals surface area contributed by atoms with Crippen LogP contribution >= 0.6 is 23.4 Å². The molecule has 4 rings (SSSR count). The van der Waals surface area contributed by atoms with Crippen molar-refractivity contribution in [2.45, 2.75) is 17.3 Å². The van der Waals surface area contributed by atoms with Gasteiger partial charge in [-0.05, 0) is 31.2 Å². The highest BCUT2D eigenvalue weighted by atomic mass is 35.5. The molecule has 8 nitrogen and oxygen atoms in total. The highest BCUT2D eigenvalue weighted by Gasteiger charge is 2.20. The number of ether oxygens (including phenoxy) is 1. The molecule has 0 spiro atoms. The molecule has 0 aliphatic carbocycles. The van der Waals surface area contributed by atoms with Gasteiger partial charge in [-0.2, -0.15) is 5.10 Å².